The van der Waals surface area contributed by atoms with Crippen LogP contribution in [0.15, 0.2) is 60.9 Å². The van der Waals surface area contributed by atoms with Crippen LogP contribution in [0.2, 0.25) is 0 Å². The number of fused-ring (bicyclic) bond motifs is 10. The average Bonchev–Trinajstić information content (AvgIpc) is 3.43. The van der Waals surface area contributed by atoms with Gasteiger partial charge in [-0.3, -0.25) is 9.59 Å². The van der Waals surface area contributed by atoms with E-state index in [1.807, 2.05) is 54.9 Å². The van der Waals surface area contributed by atoms with Gasteiger partial charge < -0.3 is 24.1 Å². The molecule has 2 aromatic carbocycles. The van der Waals surface area contributed by atoms with Crippen LogP contribution in [0.4, 0.5) is 0 Å². The molecule has 1 atom stereocenters. The first-order valence-electron chi connectivity index (χ1n) is 12.4. The molecule has 1 amide bonds. The number of benzene rings is 2. The topological polar surface area (TPSA) is 68.5 Å². The number of nitrogens with one attached hydrogen (secondary N) is 1. The minimum Gasteiger partial charge on any atom is -0.375 e. The molecule has 0 saturated carbocycles. The number of rotatable bonds is 4. The van der Waals surface area contributed by atoms with Gasteiger partial charge >= 0.3 is 0 Å². The molecule has 3 heterocycles. The number of hydrogen-bond acceptors (Lipinski definition) is 4. The molecule has 7 heteroatoms. The Morgan fingerprint density at radius 1 is 1.00 bits per heavy atom. The molecule has 1 aliphatic heterocycles. The first kappa shape index (κ1) is 24.0. The highest BCUT2D eigenvalue weighted by Gasteiger charge is 2.25. The predicted molar refractivity (Wildman–Crippen MR) is 144 cm³/mol. The minimum atomic E-state index is -0.280. The number of carbonyl (C=O) groups is 2. The Labute approximate surface area is 210 Å². The lowest BCUT2D eigenvalue weighted by Gasteiger charge is -2.22. The van der Waals surface area contributed by atoms with Crippen LogP contribution in [0.5, 0.6) is 0 Å². The van der Waals surface area contributed by atoms with E-state index in [4.69, 9.17) is 4.74 Å². The third kappa shape index (κ3) is 4.36. The summed E-state index contributed by atoms with van der Waals surface area (Å²) < 4.78 is 10.7. The number of amides is 1. The summed E-state index contributed by atoms with van der Waals surface area (Å²) in [4.78, 5) is 28.2. The molecular formula is C29H32N4O3. The largest absolute Gasteiger partial charge is 0.375 e. The highest BCUT2D eigenvalue weighted by Crippen LogP contribution is 2.36. The number of ether oxygens (including phenoxy) is 1. The highest BCUT2D eigenvalue weighted by molar-refractivity contribution is 6.38. The molecule has 4 bridgehead atoms. The van der Waals surface area contributed by atoms with E-state index in [0.717, 1.165) is 58.7 Å². The number of carbonyl (C=O) groups excluding carboxylic acids is 2. The van der Waals surface area contributed by atoms with E-state index in [0.29, 0.717) is 24.3 Å². The van der Waals surface area contributed by atoms with Crippen molar-refractivity contribution in [1.29, 1.82) is 0 Å². The normalized spacial score (nSPS) is 18.9. The van der Waals surface area contributed by atoms with Crippen molar-refractivity contribution in [1.82, 2.24) is 19.4 Å². The van der Waals surface area contributed by atoms with Crippen molar-refractivity contribution in [3.63, 3.8) is 0 Å². The van der Waals surface area contributed by atoms with Crippen molar-refractivity contribution in [3.05, 3.63) is 72.1 Å². The second-order valence-corrected chi connectivity index (χ2v) is 9.54. The van der Waals surface area contributed by atoms with Gasteiger partial charge in [-0.15, -0.1) is 0 Å². The molecule has 1 unspecified atom stereocenters. The number of allylic oxidation sites excluding steroid dienone is 1. The third-order valence-corrected chi connectivity index (χ3v) is 6.92. The van der Waals surface area contributed by atoms with Crippen molar-refractivity contribution >= 4 is 45.1 Å². The number of para-hydroxylation sites is 2. The highest BCUT2D eigenvalue weighted by atomic mass is 16.5. The molecule has 1 aliphatic rings. The van der Waals surface area contributed by atoms with Crippen molar-refractivity contribution in [3.8, 4) is 0 Å². The van der Waals surface area contributed by atoms with Crippen LogP contribution < -0.4 is 5.32 Å². The number of nitrogens with zero attached hydrogens (tertiary/aromatic N) is 3. The second-order valence-electron chi connectivity index (χ2n) is 9.54. The van der Waals surface area contributed by atoms with Crippen LogP contribution in [0.1, 0.15) is 17.5 Å². The number of aldehydes is 1. The van der Waals surface area contributed by atoms with E-state index in [-0.39, 0.29) is 12.0 Å². The van der Waals surface area contributed by atoms with Gasteiger partial charge in [0.2, 0.25) is 0 Å². The van der Waals surface area contributed by atoms with Crippen LogP contribution >= 0.6 is 0 Å². The van der Waals surface area contributed by atoms with Crippen molar-refractivity contribution in [2.75, 3.05) is 34.3 Å². The molecule has 0 spiro atoms. The summed E-state index contributed by atoms with van der Waals surface area (Å²) >= 11 is 0. The van der Waals surface area contributed by atoms with Gasteiger partial charge in [-0.1, -0.05) is 36.4 Å². The molecule has 0 aliphatic carbocycles. The lowest BCUT2D eigenvalue weighted by Crippen LogP contribution is -2.30. The zero-order valence-corrected chi connectivity index (χ0v) is 21.0. The standard InChI is InChI=1S/C29H32N4O3/c1-30-29(35)28-24-18-32(27-11-7-5-9-22(24)27)13-12-20(16-31(2)3)36-15-14-33-17-23(25(28)19-34)21-8-4-6-10-26(21)33/h4-11,17-20H,12-16H2,1-3H3,(H,30,35)/b28-25+. The summed E-state index contributed by atoms with van der Waals surface area (Å²) in [5.41, 5.74) is 4.32. The molecule has 0 radical (unpaired) electrons. The van der Waals surface area contributed by atoms with Gasteiger partial charge in [0.1, 0.15) is 0 Å². The van der Waals surface area contributed by atoms with Gasteiger partial charge in [-0.25, -0.2) is 0 Å². The second kappa shape index (κ2) is 10.1. The van der Waals surface area contributed by atoms with Crippen LogP contribution in [0.25, 0.3) is 33.0 Å². The number of hydrogen-bond donors (Lipinski definition) is 1. The summed E-state index contributed by atoms with van der Waals surface area (Å²) in [6.07, 6.45) is 5.70. The maximum atomic E-state index is 13.4. The maximum Gasteiger partial charge on any atom is 0.252 e. The maximum absolute atomic E-state index is 13.4. The van der Waals surface area contributed by atoms with Crippen LogP contribution in [-0.4, -0.2) is 66.6 Å². The molecular weight excluding hydrogens is 452 g/mol. The third-order valence-electron chi connectivity index (χ3n) is 6.92. The molecule has 186 valence electrons. The van der Waals surface area contributed by atoms with E-state index in [1.54, 1.807) is 7.05 Å². The van der Waals surface area contributed by atoms with E-state index in [2.05, 4.69) is 39.5 Å². The summed E-state index contributed by atoms with van der Waals surface area (Å²) in [7, 11) is 5.73. The monoisotopic (exact) mass is 484 g/mol. The fourth-order valence-corrected chi connectivity index (χ4v) is 5.28. The Morgan fingerprint density at radius 3 is 2.25 bits per heavy atom. The smallest absolute Gasteiger partial charge is 0.252 e. The summed E-state index contributed by atoms with van der Waals surface area (Å²) in [6.45, 7) is 2.76. The van der Waals surface area contributed by atoms with E-state index < -0.39 is 0 Å². The Balaban J connectivity index is 1.81. The van der Waals surface area contributed by atoms with E-state index in [1.165, 1.54) is 0 Å². The zero-order valence-electron chi connectivity index (χ0n) is 21.0. The number of aryl methyl sites for hydroxylation is 1. The van der Waals surface area contributed by atoms with Crippen LogP contribution in [-0.2, 0) is 27.4 Å². The molecule has 0 saturated heterocycles. The Hall–Kier alpha value is -3.68. The number of likely N-dealkylation sites (N-methyl/N-ethyl adjacent to an activating group) is 2. The minimum absolute atomic E-state index is 0.0633. The SMILES string of the molecule is CNC(=O)/C1=C(\C=O)c2cn(c3ccccc23)CCOC(CN(C)C)CCn2cc1c1ccccc12. The van der Waals surface area contributed by atoms with Gasteiger partial charge in [0.05, 0.1) is 18.3 Å². The molecule has 4 aromatic rings. The molecule has 5 rings (SSSR count). The van der Waals surface area contributed by atoms with Gasteiger partial charge in [0.15, 0.2) is 6.29 Å². The lowest BCUT2D eigenvalue weighted by molar-refractivity contribution is -0.115. The Bertz CT molecular complexity index is 1460. The molecule has 7 nitrogen and oxygen atoms in total. The molecule has 2 aromatic heterocycles. The first-order chi connectivity index (χ1) is 17.5. The van der Waals surface area contributed by atoms with Gasteiger partial charge in [-0.05, 0) is 32.6 Å². The van der Waals surface area contributed by atoms with Crippen molar-refractivity contribution in [2.24, 2.45) is 0 Å². The summed E-state index contributed by atoms with van der Waals surface area (Å²) in [5.74, 6) is -0.280. The fraction of sp³-hybridized carbons (Fsp3) is 0.310. The Kier molecular flexibility index (Phi) is 6.76. The molecule has 36 heavy (non-hydrogen) atoms. The van der Waals surface area contributed by atoms with Crippen molar-refractivity contribution in [2.45, 2.75) is 25.6 Å². The van der Waals surface area contributed by atoms with Gasteiger partial charge in [0.25, 0.3) is 5.91 Å². The average molecular weight is 485 g/mol. The number of aromatic nitrogens is 2. The lowest BCUT2D eigenvalue weighted by atomic mass is 9.94. The summed E-state index contributed by atoms with van der Waals surface area (Å²) in [6, 6.07) is 16.0. The van der Waals surface area contributed by atoms with Crippen LogP contribution in [0.3, 0.4) is 0 Å². The van der Waals surface area contributed by atoms with Crippen molar-refractivity contribution < 1.29 is 14.3 Å². The fourth-order valence-electron chi connectivity index (χ4n) is 5.28. The van der Waals surface area contributed by atoms with E-state index >= 15 is 0 Å². The molecule has 0 fully saturated rings. The van der Waals surface area contributed by atoms with E-state index in [9.17, 15) is 9.59 Å². The predicted octanol–water partition coefficient (Wildman–Crippen LogP) is 3.80. The quantitative estimate of drug-likeness (QED) is 0.448. The Morgan fingerprint density at radius 2 is 1.61 bits per heavy atom. The van der Waals surface area contributed by atoms with Gasteiger partial charge in [-0.2, -0.15) is 0 Å². The van der Waals surface area contributed by atoms with Crippen LogP contribution in [0, 0.1) is 0 Å². The van der Waals surface area contributed by atoms with Gasteiger partial charge in [0, 0.05) is 77.6 Å². The summed E-state index contributed by atoms with van der Waals surface area (Å²) in [5, 5.41) is 4.65. The molecule has 1 N–H and O–H groups in total. The first-order valence-corrected chi connectivity index (χ1v) is 12.4. The zero-order chi connectivity index (χ0) is 25.2.